The van der Waals surface area contributed by atoms with E-state index in [1.165, 1.54) is 45.1 Å². The van der Waals surface area contributed by atoms with Crippen LogP contribution in [0.3, 0.4) is 0 Å². The third kappa shape index (κ3) is 3.67. The highest BCUT2D eigenvalue weighted by molar-refractivity contribution is 4.87. The van der Waals surface area contributed by atoms with Crippen LogP contribution in [0.1, 0.15) is 45.4 Å². The van der Waals surface area contributed by atoms with E-state index >= 15 is 0 Å². The summed E-state index contributed by atoms with van der Waals surface area (Å²) in [5.74, 6) is 0. The Morgan fingerprint density at radius 2 is 1.94 bits per heavy atom. The fourth-order valence-electron chi connectivity index (χ4n) is 3.41. The van der Waals surface area contributed by atoms with Crippen molar-refractivity contribution < 1.29 is 4.74 Å². The maximum absolute atomic E-state index is 6.10. The van der Waals surface area contributed by atoms with Gasteiger partial charge in [-0.1, -0.05) is 25.7 Å². The van der Waals surface area contributed by atoms with Crippen LogP contribution in [-0.4, -0.2) is 43.8 Å². The summed E-state index contributed by atoms with van der Waals surface area (Å²) in [6.45, 7) is 7.29. The zero-order valence-electron chi connectivity index (χ0n) is 11.3. The van der Waals surface area contributed by atoms with Crippen LogP contribution in [0.25, 0.3) is 0 Å². The maximum Gasteiger partial charge on any atom is 0.0674 e. The van der Waals surface area contributed by atoms with Gasteiger partial charge in [0.25, 0.3) is 0 Å². The molecule has 0 radical (unpaired) electrons. The van der Waals surface area contributed by atoms with Gasteiger partial charge in [-0.2, -0.15) is 0 Å². The lowest BCUT2D eigenvalue weighted by Gasteiger charge is -2.40. The van der Waals surface area contributed by atoms with Gasteiger partial charge in [-0.05, 0) is 31.7 Å². The van der Waals surface area contributed by atoms with Crippen LogP contribution in [0.4, 0.5) is 0 Å². The Hall–Kier alpha value is -0.120. The molecular weight excluding hydrogens is 212 g/mol. The lowest BCUT2D eigenvalue weighted by molar-refractivity contribution is -0.0333. The van der Waals surface area contributed by atoms with Crippen LogP contribution < -0.4 is 5.73 Å². The first-order valence-corrected chi connectivity index (χ1v) is 7.28. The van der Waals surface area contributed by atoms with E-state index in [-0.39, 0.29) is 0 Å². The molecule has 0 aromatic heterocycles. The van der Waals surface area contributed by atoms with Gasteiger partial charge in [0.15, 0.2) is 0 Å². The minimum atomic E-state index is 0.393. The van der Waals surface area contributed by atoms with Crippen molar-refractivity contribution in [3.05, 3.63) is 0 Å². The first kappa shape index (κ1) is 13.3. The standard InChI is InChI=1S/C14H28N2O/c1-13-10-16(8-9-17-13)12-14(11-15)6-4-2-3-5-7-14/h13H,2-12,15H2,1H3. The Kier molecular flexibility index (Phi) is 4.83. The molecule has 2 aliphatic rings. The zero-order chi connectivity index (χ0) is 12.1. The summed E-state index contributed by atoms with van der Waals surface area (Å²) in [4.78, 5) is 2.58. The van der Waals surface area contributed by atoms with Crippen LogP contribution in [0, 0.1) is 5.41 Å². The average Bonchev–Trinajstić information content (AvgIpc) is 2.55. The van der Waals surface area contributed by atoms with E-state index in [1.807, 2.05) is 0 Å². The number of rotatable bonds is 3. The smallest absolute Gasteiger partial charge is 0.0674 e. The van der Waals surface area contributed by atoms with Crippen molar-refractivity contribution in [2.24, 2.45) is 11.1 Å². The lowest BCUT2D eigenvalue weighted by atomic mass is 9.79. The van der Waals surface area contributed by atoms with Crippen LogP contribution in [-0.2, 0) is 4.74 Å². The van der Waals surface area contributed by atoms with Crippen LogP contribution in [0.2, 0.25) is 0 Å². The first-order valence-electron chi connectivity index (χ1n) is 7.28. The largest absolute Gasteiger partial charge is 0.376 e. The Morgan fingerprint density at radius 3 is 2.53 bits per heavy atom. The Labute approximate surface area is 106 Å². The predicted molar refractivity (Wildman–Crippen MR) is 71.0 cm³/mol. The van der Waals surface area contributed by atoms with Gasteiger partial charge in [0.1, 0.15) is 0 Å². The molecule has 3 heteroatoms. The number of nitrogens with two attached hydrogens (primary N) is 1. The summed E-state index contributed by atoms with van der Waals surface area (Å²) < 4.78 is 5.62. The molecule has 2 fully saturated rings. The molecule has 2 N–H and O–H groups in total. The van der Waals surface area contributed by atoms with Crippen molar-refractivity contribution in [2.75, 3.05) is 32.8 Å². The average molecular weight is 240 g/mol. The molecule has 2 rings (SSSR count). The zero-order valence-corrected chi connectivity index (χ0v) is 11.3. The molecule has 1 heterocycles. The van der Waals surface area contributed by atoms with Crippen molar-refractivity contribution >= 4 is 0 Å². The molecule has 1 unspecified atom stereocenters. The summed E-state index contributed by atoms with van der Waals surface area (Å²) in [7, 11) is 0. The lowest BCUT2D eigenvalue weighted by Crippen LogP contribution is -2.48. The number of ether oxygens (including phenoxy) is 1. The van der Waals surface area contributed by atoms with Gasteiger partial charge in [-0.3, -0.25) is 4.90 Å². The molecule has 1 aliphatic carbocycles. The van der Waals surface area contributed by atoms with Gasteiger partial charge in [0, 0.05) is 19.6 Å². The van der Waals surface area contributed by atoms with Crippen LogP contribution in [0.15, 0.2) is 0 Å². The van der Waals surface area contributed by atoms with Crippen LogP contribution in [0.5, 0.6) is 0 Å². The van der Waals surface area contributed by atoms with E-state index in [0.29, 0.717) is 11.5 Å². The van der Waals surface area contributed by atoms with E-state index in [0.717, 1.165) is 26.2 Å². The van der Waals surface area contributed by atoms with E-state index in [4.69, 9.17) is 10.5 Å². The molecule has 3 nitrogen and oxygen atoms in total. The highest BCUT2D eigenvalue weighted by atomic mass is 16.5. The fourth-order valence-corrected chi connectivity index (χ4v) is 3.41. The van der Waals surface area contributed by atoms with Gasteiger partial charge in [0.2, 0.25) is 0 Å². The minimum Gasteiger partial charge on any atom is -0.376 e. The SMILES string of the molecule is CC1CN(CC2(CN)CCCCCC2)CCO1. The summed E-state index contributed by atoms with van der Waals surface area (Å²) in [6, 6.07) is 0. The number of hydrogen-bond donors (Lipinski definition) is 1. The molecule has 0 bridgehead atoms. The maximum atomic E-state index is 6.10. The van der Waals surface area contributed by atoms with Crippen molar-refractivity contribution in [3.63, 3.8) is 0 Å². The van der Waals surface area contributed by atoms with E-state index in [2.05, 4.69) is 11.8 Å². The highest BCUT2D eigenvalue weighted by Gasteiger charge is 2.32. The van der Waals surface area contributed by atoms with E-state index in [9.17, 15) is 0 Å². The van der Waals surface area contributed by atoms with Crippen molar-refractivity contribution in [1.29, 1.82) is 0 Å². The third-order valence-corrected chi connectivity index (χ3v) is 4.48. The van der Waals surface area contributed by atoms with E-state index < -0.39 is 0 Å². The Morgan fingerprint density at radius 1 is 1.24 bits per heavy atom. The van der Waals surface area contributed by atoms with Gasteiger partial charge in [0.05, 0.1) is 12.7 Å². The third-order valence-electron chi connectivity index (χ3n) is 4.48. The quantitative estimate of drug-likeness (QED) is 0.767. The van der Waals surface area contributed by atoms with Crippen molar-refractivity contribution in [1.82, 2.24) is 4.90 Å². The fraction of sp³-hybridized carbons (Fsp3) is 1.00. The molecule has 0 aromatic rings. The van der Waals surface area contributed by atoms with Crippen molar-refractivity contribution in [2.45, 2.75) is 51.6 Å². The Bertz CT molecular complexity index is 224. The van der Waals surface area contributed by atoms with Gasteiger partial charge in [-0.15, -0.1) is 0 Å². The molecule has 0 spiro atoms. The van der Waals surface area contributed by atoms with Gasteiger partial charge >= 0.3 is 0 Å². The van der Waals surface area contributed by atoms with Gasteiger partial charge < -0.3 is 10.5 Å². The summed E-state index contributed by atoms with van der Waals surface area (Å²) >= 11 is 0. The molecular formula is C14H28N2O. The molecule has 0 aromatic carbocycles. The second-order valence-corrected chi connectivity index (χ2v) is 6.03. The molecule has 17 heavy (non-hydrogen) atoms. The highest BCUT2D eigenvalue weighted by Crippen LogP contribution is 2.35. The van der Waals surface area contributed by atoms with Crippen molar-refractivity contribution in [3.8, 4) is 0 Å². The normalized spacial score (nSPS) is 31.1. The topological polar surface area (TPSA) is 38.5 Å². The molecule has 1 atom stereocenters. The number of morpholine rings is 1. The summed E-state index contributed by atoms with van der Waals surface area (Å²) in [5, 5.41) is 0. The number of nitrogens with zero attached hydrogens (tertiary/aromatic N) is 1. The molecule has 0 amide bonds. The predicted octanol–water partition coefficient (Wildman–Crippen LogP) is 2.01. The second-order valence-electron chi connectivity index (χ2n) is 6.03. The van der Waals surface area contributed by atoms with E-state index in [1.54, 1.807) is 0 Å². The van der Waals surface area contributed by atoms with Crippen LogP contribution >= 0.6 is 0 Å². The number of hydrogen-bond acceptors (Lipinski definition) is 3. The molecule has 1 saturated carbocycles. The Balaban J connectivity index is 1.92. The monoisotopic (exact) mass is 240 g/mol. The summed E-state index contributed by atoms with van der Waals surface area (Å²) in [5.41, 5.74) is 6.50. The molecule has 1 saturated heterocycles. The molecule has 100 valence electrons. The minimum absolute atomic E-state index is 0.393. The first-order chi connectivity index (χ1) is 8.24. The second kappa shape index (κ2) is 6.17. The molecule has 1 aliphatic heterocycles. The van der Waals surface area contributed by atoms with Gasteiger partial charge in [-0.25, -0.2) is 0 Å². The summed E-state index contributed by atoms with van der Waals surface area (Å²) in [6.07, 6.45) is 8.60.